The fourth-order valence-corrected chi connectivity index (χ4v) is 1.66. The lowest BCUT2D eigenvalue weighted by Gasteiger charge is -2.23. The number of carbonyl (C=O) groups is 1. The molecular weight excluding hydrogens is 226 g/mol. The molecule has 0 aliphatic rings. The summed E-state index contributed by atoms with van der Waals surface area (Å²) in [6.45, 7) is 5.31. The summed E-state index contributed by atoms with van der Waals surface area (Å²) in [4.78, 5) is 12.7. The second kappa shape index (κ2) is 6.97. The Morgan fingerprint density at radius 3 is 2.50 bits per heavy atom. The zero-order valence-electron chi connectivity index (χ0n) is 11.3. The molecule has 0 bridgehead atoms. The lowest BCUT2D eigenvalue weighted by molar-refractivity contribution is -0.131. The first-order valence-electron chi connectivity index (χ1n) is 6.23. The number of hydrogen-bond acceptors (Lipinski definition) is 2. The number of hydrogen-bond donors (Lipinski definition) is 1. The Morgan fingerprint density at radius 2 is 2.00 bits per heavy atom. The summed E-state index contributed by atoms with van der Waals surface area (Å²) in [6.07, 6.45) is 3.89. The highest BCUT2D eigenvalue weighted by Crippen LogP contribution is 2.10. The molecule has 1 rings (SSSR count). The molecule has 18 heavy (non-hydrogen) atoms. The Kier molecular flexibility index (Phi) is 5.59. The molecule has 0 saturated heterocycles. The van der Waals surface area contributed by atoms with Crippen LogP contribution < -0.4 is 0 Å². The van der Waals surface area contributed by atoms with Gasteiger partial charge in [-0.05, 0) is 37.6 Å². The number of carboxylic acids is 1. The van der Waals surface area contributed by atoms with E-state index in [2.05, 4.69) is 25.8 Å². The van der Waals surface area contributed by atoms with Gasteiger partial charge >= 0.3 is 5.97 Å². The number of rotatable bonds is 6. The number of benzene rings is 1. The van der Waals surface area contributed by atoms with Crippen LogP contribution >= 0.6 is 0 Å². The van der Waals surface area contributed by atoms with Crippen molar-refractivity contribution in [2.75, 3.05) is 7.05 Å². The minimum atomic E-state index is -0.921. The molecule has 3 nitrogen and oxygen atoms in total. The van der Waals surface area contributed by atoms with Gasteiger partial charge in [-0.2, -0.15) is 0 Å². The van der Waals surface area contributed by atoms with Gasteiger partial charge in [0.25, 0.3) is 0 Å². The van der Waals surface area contributed by atoms with E-state index < -0.39 is 5.97 Å². The first-order valence-corrected chi connectivity index (χ1v) is 6.23. The molecule has 3 heteroatoms. The fraction of sp³-hybridized carbons (Fsp3) is 0.400. The molecular formula is C15H21NO2. The summed E-state index contributed by atoms with van der Waals surface area (Å²) in [6, 6.07) is 8.54. The third-order valence-corrected chi connectivity index (χ3v) is 3.17. The minimum absolute atomic E-state index is 0.566. The van der Waals surface area contributed by atoms with Crippen LogP contribution in [0.15, 0.2) is 30.3 Å². The van der Waals surface area contributed by atoms with Gasteiger partial charge < -0.3 is 5.11 Å². The van der Waals surface area contributed by atoms with E-state index in [9.17, 15) is 4.79 Å². The minimum Gasteiger partial charge on any atom is -0.478 e. The molecule has 1 aromatic carbocycles. The summed E-state index contributed by atoms with van der Waals surface area (Å²) < 4.78 is 0. The van der Waals surface area contributed by atoms with Crippen molar-refractivity contribution in [1.29, 1.82) is 0 Å². The van der Waals surface area contributed by atoms with E-state index in [1.165, 1.54) is 5.56 Å². The summed E-state index contributed by atoms with van der Waals surface area (Å²) in [7, 11) is 2.12. The SMILES string of the molecule is CCC(C)N(C)Cc1ccc(/C=C/C(=O)O)cc1. The van der Waals surface area contributed by atoms with Crippen LogP contribution in [0.4, 0.5) is 0 Å². The second-order valence-electron chi connectivity index (χ2n) is 4.59. The van der Waals surface area contributed by atoms with Gasteiger partial charge in [-0.25, -0.2) is 4.79 Å². The first kappa shape index (κ1) is 14.5. The average Bonchev–Trinajstić information content (AvgIpc) is 2.36. The van der Waals surface area contributed by atoms with Gasteiger partial charge in [0.15, 0.2) is 0 Å². The molecule has 98 valence electrons. The Hall–Kier alpha value is -1.61. The monoisotopic (exact) mass is 247 g/mol. The number of aliphatic carboxylic acids is 1. The van der Waals surface area contributed by atoms with Gasteiger partial charge in [-0.1, -0.05) is 31.2 Å². The highest BCUT2D eigenvalue weighted by molar-refractivity contribution is 5.85. The molecule has 0 spiro atoms. The van der Waals surface area contributed by atoms with Crippen molar-refractivity contribution in [2.45, 2.75) is 32.9 Å². The van der Waals surface area contributed by atoms with E-state index >= 15 is 0 Å². The van der Waals surface area contributed by atoms with E-state index in [0.717, 1.165) is 24.6 Å². The van der Waals surface area contributed by atoms with Crippen molar-refractivity contribution < 1.29 is 9.90 Å². The third-order valence-electron chi connectivity index (χ3n) is 3.17. The van der Waals surface area contributed by atoms with Crippen LogP contribution in [0.3, 0.4) is 0 Å². The highest BCUT2D eigenvalue weighted by Gasteiger charge is 2.06. The molecule has 1 aromatic rings. The van der Waals surface area contributed by atoms with Gasteiger partial charge in [0.05, 0.1) is 0 Å². The topological polar surface area (TPSA) is 40.5 Å². The van der Waals surface area contributed by atoms with Gasteiger partial charge in [0.2, 0.25) is 0 Å². The van der Waals surface area contributed by atoms with Crippen LogP contribution in [0, 0.1) is 0 Å². The van der Waals surface area contributed by atoms with Crippen LogP contribution in [0.5, 0.6) is 0 Å². The maximum Gasteiger partial charge on any atom is 0.328 e. The lowest BCUT2D eigenvalue weighted by Crippen LogP contribution is -2.27. The van der Waals surface area contributed by atoms with Gasteiger partial charge in [-0.3, -0.25) is 4.90 Å². The predicted octanol–water partition coefficient (Wildman–Crippen LogP) is 3.01. The predicted molar refractivity (Wildman–Crippen MR) is 74.3 cm³/mol. The molecule has 0 aliphatic heterocycles. The van der Waals surface area contributed by atoms with Gasteiger partial charge in [-0.15, -0.1) is 0 Å². The van der Waals surface area contributed by atoms with Crippen molar-refractivity contribution in [1.82, 2.24) is 4.90 Å². The molecule has 0 amide bonds. The normalized spacial score (nSPS) is 13.1. The van der Waals surface area contributed by atoms with E-state index in [-0.39, 0.29) is 0 Å². The fourth-order valence-electron chi connectivity index (χ4n) is 1.66. The van der Waals surface area contributed by atoms with Crippen LogP contribution in [-0.4, -0.2) is 29.1 Å². The summed E-state index contributed by atoms with van der Waals surface area (Å²) in [5.74, 6) is -0.921. The molecule has 0 radical (unpaired) electrons. The van der Waals surface area contributed by atoms with Crippen molar-refractivity contribution in [3.8, 4) is 0 Å². The van der Waals surface area contributed by atoms with Crippen molar-refractivity contribution >= 4 is 12.0 Å². The van der Waals surface area contributed by atoms with Crippen LogP contribution in [0.2, 0.25) is 0 Å². The summed E-state index contributed by atoms with van der Waals surface area (Å²) in [5, 5.41) is 8.54. The van der Waals surface area contributed by atoms with E-state index in [1.807, 2.05) is 24.3 Å². The molecule has 1 unspecified atom stereocenters. The average molecular weight is 247 g/mol. The third kappa shape index (κ3) is 4.72. The number of nitrogens with zero attached hydrogens (tertiary/aromatic N) is 1. The largest absolute Gasteiger partial charge is 0.478 e. The zero-order chi connectivity index (χ0) is 13.5. The molecule has 0 aromatic heterocycles. The Morgan fingerprint density at radius 1 is 1.39 bits per heavy atom. The molecule has 1 atom stereocenters. The standard InChI is InChI=1S/C15H21NO2/c1-4-12(2)16(3)11-14-7-5-13(6-8-14)9-10-15(17)18/h5-10,12H,4,11H2,1-3H3,(H,17,18)/b10-9+. The van der Waals surface area contributed by atoms with Gasteiger partial charge in [0.1, 0.15) is 0 Å². The second-order valence-corrected chi connectivity index (χ2v) is 4.59. The van der Waals surface area contributed by atoms with Crippen LogP contribution in [0.25, 0.3) is 6.08 Å². The quantitative estimate of drug-likeness (QED) is 0.786. The van der Waals surface area contributed by atoms with Crippen molar-refractivity contribution in [3.63, 3.8) is 0 Å². The Bertz CT molecular complexity index is 409. The van der Waals surface area contributed by atoms with E-state index in [4.69, 9.17) is 5.11 Å². The Labute approximate surface area is 109 Å². The smallest absolute Gasteiger partial charge is 0.328 e. The number of carboxylic acid groups (broad SMARTS) is 1. The van der Waals surface area contributed by atoms with Gasteiger partial charge in [0, 0.05) is 18.7 Å². The van der Waals surface area contributed by atoms with Crippen LogP contribution in [0.1, 0.15) is 31.4 Å². The summed E-state index contributed by atoms with van der Waals surface area (Å²) in [5.41, 5.74) is 2.15. The molecule has 0 fully saturated rings. The Balaban J connectivity index is 2.63. The maximum atomic E-state index is 10.4. The molecule has 0 aliphatic carbocycles. The van der Waals surface area contributed by atoms with Crippen molar-refractivity contribution in [2.24, 2.45) is 0 Å². The molecule has 0 saturated carbocycles. The summed E-state index contributed by atoms with van der Waals surface area (Å²) >= 11 is 0. The molecule has 1 N–H and O–H groups in total. The van der Waals surface area contributed by atoms with Crippen LogP contribution in [-0.2, 0) is 11.3 Å². The zero-order valence-corrected chi connectivity index (χ0v) is 11.3. The highest BCUT2D eigenvalue weighted by atomic mass is 16.4. The maximum absolute atomic E-state index is 10.4. The first-order chi connectivity index (χ1) is 8.52. The van der Waals surface area contributed by atoms with E-state index in [1.54, 1.807) is 6.08 Å². The lowest BCUT2D eigenvalue weighted by atomic mass is 10.1. The molecule has 0 heterocycles. The van der Waals surface area contributed by atoms with Crippen molar-refractivity contribution in [3.05, 3.63) is 41.5 Å². The van der Waals surface area contributed by atoms with E-state index in [0.29, 0.717) is 6.04 Å².